The van der Waals surface area contributed by atoms with Gasteiger partial charge in [-0.05, 0) is 34.0 Å². The molecule has 2 aromatic carbocycles. The van der Waals surface area contributed by atoms with Crippen LogP contribution in [0.5, 0.6) is 0 Å². The van der Waals surface area contributed by atoms with E-state index in [1.54, 1.807) is 0 Å². The number of hydrogen-bond donors (Lipinski definition) is 2. The molecule has 20 heavy (non-hydrogen) atoms. The third kappa shape index (κ3) is 1.78. The summed E-state index contributed by atoms with van der Waals surface area (Å²) in [7, 11) is 0. The Bertz CT molecular complexity index is 776. The Balaban J connectivity index is 1.88. The van der Waals surface area contributed by atoms with Gasteiger partial charge in [-0.25, -0.2) is 0 Å². The van der Waals surface area contributed by atoms with Crippen molar-refractivity contribution >= 4 is 10.8 Å². The third-order valence-electron chi connectivity index (χ3n) is 3.50. The van der Waals surface area contributed by atoms with Crippen LogP contribution in [-0.4, -0.2) is 20.4 Å². The van der Waals surface area contributed by atoms with E-state index in [1.165, 1.54) is 10.8 Å². The van der Waals surface area contributed by atoms with E-state index in [1.807, 2.05) is 24.8 Å². The Morgan fingerprint density at radius 2 is 1.15 bits per heavy atom. The number of aromatic nitrogens is 4. The minimum atomic E-state index is 1.10. The zero-order chi connectivity index (χ0) is 13.4. The van der Waals surface area contributed by atoms with Crippen LogP contribution < -0.4 is 0 Å². The van der Waals surface area contributed by atoms with Gasteiger partial charge in [0.05, 0.1) is 12.4 Å². The van der Waals surface area contributed by atoms with Gasteiger partial charge >= 0.3 is 0 Å². The van der Waals surface area contributed by atoms with Crippen molar-refractivity contribution in [1.82, 2.24) is 20.4 Å². The van der Waals surface area contributed by atoms with Gasteiger partial charge < -0.3 is 0 Å². The van der Waals surface area contributed by atoms with Crippen LogP contribution in [0.4, 0.5) is 0 Å². The Morgan fingerprint density at radius 3 is 1.60 bits per heavy atom. The molecule has 4 aromatic rings. The van der Waals surface area contributed by atoms with Gasteiger partial charge in [-0.2, -0.15) is 10.2 Å². The van der Waals surface area contributed by atoms with Crippen molar-refractivity contribution in [1.29, 1.82) is 0 Å². The topological polar surface area (TPSA) is 57.4 Å². The molecule has 4 rings (SSSR count). The number of rotatable bonds is 2. The minimum Gasteiger partial charge on any atom is -0.285 e. The van der Waals surface area contributed by atoms with Crippen molar-refractivity contribution in [2.75, 3.05) is 0 Å². The van der Waals surface area contributed by atoms with Crippen LogP contribution in [0.15, 0.2) is 61.2 Å². The molecule has 0 radical (unpaired) electrons. The number of benzene rings is 2. The first-order valence-electron chi connectivity index (χ1n) is 6.42. The zero-order valence-corrected chi connectivity index (χ0v) is 10.7. The van der Waals surface area contributed by atoms with Gasteiger partial charge in [0, 0.05) is 23.5 Å². The summed E-state index contributed by atoms with van der Waals surface area (Å²) in [5.74, 6) is 0. The summed E-state index contributed by atoms with van der Waals surface area (Å²) in [6, 6.07) is 12.9. The summed E-state index contributed by atoms with van der Waals surface area (Å²) < 4.78 is 0. The number of aromatic amines is 2. The van der Waals surface area contributed by atoms with Gasteiger partial charge in [0.2, 0.25) is 0 Å². The first-order valence-corrected chi connectivity index (χ1v) is 6.42. The molecule has 4 nitrogen and oxygen atoms in total. The van der Waals surface area contributed by atoms with E-state index in [-0.39, 0.29) is 0 Å². The fourth-order valence-corrected chi connectivity index (χ4v) is 2.42. The standard InChI is InChI=1S/C16H12N4/c1-3-12(15-7-17-18-8-15)5-14-6-13(4-2-11(1)14)16-9-19-20-10-16/h1-10H,(H,17,18)(H,19,20). The predicted octanol–water partition coefficient (Wildman–Crippen LogP) is 3.62. The summed E-state index contributed by atoms with van der Waals surface area (Å²) in [5, 5.41) is 16.1. The molecule has 0 aliphatic carbocycles. The van der Waals surface area contributed by atoms with E-state index in [9.17, 15) is 0 Å². The Hall–Kier alpha value is -2.88. The molecule has 0 aliphatic heterocycles. The first-order chi connectivity index (χ1) is 9.90. The maximum atomic E-state index is 4.00. The number of hydrogen-bond acceptors (Lipinski definition) is 2. The van der Waals surface area contributed by atoms with Crippen molar-refractivity contribution in [3.63, 3.8) is 0 Å². The molecule has 96 valence electrons. The van der Waals surface area contributed by atoms with Gasteiger partial charge in [-0.3, -0.25) is 10.2 Å². The molecular formula is C16H12N4. The molecule has 0 fully saturated rings. The molecule has 0 bridgehead atoms. The molecule has 0 unspecified atom stereocenters. The predicted molar refractivity (Wildman–Crippen MR) is 79.1 cm³/mol. The third-order valence-corrected chi connectivity index (χ3v) is 3.50. The molecule has 0 aliphatic rings. The van der Waals surface area contributed by atoms with E-state index in [0.29, 0.717) is 0 Å². The second kappa shape index (κ2) is 4.35. The smallest absolute Gasteiger partial charge is 0.0565 e. The van der Waals surface area contributed by atoms with E-state index in [0.717, 1.165) is 22.3 Å². The van der Waals surface area contributed by atoms with E-state index in [2.05, 4.69) is 56.8 Å². The Labute approximate surface area is 115 Å². The van der Waals surface area contributed by atoms with Crippen LogP contribution in [0.2, 0.25) is 0 Å². The van der Waals surface area contributed by atoms with Gasteiger partial charge in [-0.15, -0.1) is 0 Å². The molecule has 4 heteroatoms. The van der Waals surface area contributed by atoms with Gasteiger partial charge in [0.15, 0.2) is 0 Å². The van der Waals surface area contributed by atoms with Crippen LogP contribution in [-0.2, 0) is 0 Å². The molecular weight excluding hydrogens is 248 g/mol. The van der Waals surface area contributed by atoms with Crippen molar-refractivity contribution in [2.45, 2.75) is 0 Å². The highest BCUT2D eigenvalue weighted by Gasteiger charge is 2.03. The average Bonchev–Trinajstić information content (AvgIpc) is 3.19. The molecule has 0 spiro atoms. The van der Waals surface area contributed by atoms with Gasteiger partial charge in [0.25, 0.3) is 0 Å². The molecule has 0 saturated carbocycles. The van der Waals surface area contributed by atoms with E-state index < -0.39 is 0 Å². The molecule has 0 amide bonds. The average molecular weight is 260 g/mol. The minimum absolute atomic E-state index is 1.10. The van der Waals surface area contributed by atoms with Gasteiger partial charge in [0.1, 0.15) is 0 Å². The summed E-state index contributed by atoms with van der Waals surface area (Å²) in [6.07, 6.45) is 7.48. The molecule has 2 N–H and O–H groups in total. The number of H-pyrrole nitrogens is 2. The molecule has 2 aromatic heterocycles. The fraction of sp³-hybridized carbons (Fsp3) is 0. The number of fused-ring (bicyclic) bond motifs is 1. The Kier molecular flexibility index (Phi) is 2.39. The maximum absolute atomic E-state index is 4.00. The second-order valence-corrected chi connectivity index (χ2v) is 4.75. The van der Waals surface area contributed by atoms with Crippen LogP contribution in [0, 0.1) is 0 Å². The second-order valence-electron chi connectivity index (χ2n) is 4.75. The molecule has 2 heterocycles. The molecule has 0 saturated heterocycles. The first kappa shape index (κ1) is 11.0. The van der Waals surface area contributed by atoms with Gasteiger partial charge in [-0.1, -0.05) is 24.3 Å². The zero-order valence-electron chi connectivity index (χ0n) is 10.7. The highest BCUT2D eigenvalue weighted by molar-refractivity contribution is 5.90. The normalized spacial score (nSPS) is 11.0. The lowest BCUT2D eigenvalue weighted by molar-refractivity contribution is 1.09. The van der Waals surface area contributed by atoms with E-state index in [4.69, 9.17) is 0 Å². The SMILES string of the molecule is c1cc2ccc(-c3cn[nH]c3)cc2cc1-c1cn[nH]c1. The van der Waals surface area contributed by atoms with Crippen molar-refractivity contribution in [3.8, 4) is 22.3 Å². The number of nitrogens with zero attached hydrogens (tertiary/aromatic N) is 2. The monoisotopic (exact) mass is 260 g/mol. The highest BCUT2D eigenvalue weighted by Crippen LogP contribution is 2.27. The van der Waals surface area contributed by atoms with Crippen molar-refractivity contribution in [3.05, 3.63) is 61.2 Å². The van der Waals surface area contributed by atoms with Crippen LogP contribution >= 0.6 is 0 Å². The summed E-state index contributed by atoms with van der Waals surface area (Å²) in [6.45, 7) is 0. The Morgan fingerprint density at radius 1 is 0.600 bits per heavy atom. The van der Waals surface area contributed by atoms with Crippen LogP contribution in [0.3, 0.4) is 0 Å². The van der Waals surface area contributed by atoms with Crippen molar-refractivity contribution < 1.29 is 0 Å². The van der Waals surface area contributed by atoms with Crippen LogP contribution in [0.1, 0.15) is 0 Å². The summed E-state index contributed by atoms with van der Waals surface area (Å²) in [4.78, 5) is 0. The lowest BCUT2D eigenvalue weighted by Gasteiger charge is -2.04. The largest absolute Gasteiger partial charge is 0.285 e. The fourth-order valence-electron chi connectivity index (χ4n) is 2.42. The van der Waals surface area contributed by atoms with Crippen LogP contribution in [0.25, 0.3) is 33.0 Å². The summed E-state index contributed by atoms with van der Waals surface area (Å²) >= 11 is 0. The van der Waals surface area contributed by atoms with Crippen molar-refractivity contribution in [2.24, 2.45) is 0 Å². The highest BCUT2D eigenvalue weighted by atomic mass is 15.1. The maximum Gasteiger partial charge on any atom is 0.0565 e. The quantitative estimate of drug-likeness (QED) is 0.578. The lowest BCUT2D eigenvalue weighted by atomic mass is 10.00. The number of nitrogens with one attached hydrogen (secondary N) is 2. The molecule has 0 atom stereocenters. The van der Waals surface area contributed by atoms with E-state index >= 15 is 0 Å². The lowest BCUT2D eigenvalue weighted by Crippen LogP contribution is -1.79. The summed E-state index contributed by atoms with van der Waals surface area (Å²) in [5.41, 5.74) is 4.52.